The van der Waals surface area contributed by atoms with Crippen LogP contribution in [0.5, 0.6) is 0 Å². The summed E-state index contributed by atoms with van der Waals surface area (Å²) in [5.74, 6) is -0.0231. The Hall–Kier alpha value is -1.32. The van der Waals surface area contributed by atoms with E-state index in [9.17, 15) is 4.79 Å². The highest BCUT2D eigenvalue weighted by Gasteiger charge is 2.32. The molecule has 0 spiro atoms. The van der Waals surface area contributed by atoms with Crippen molar-refractivity contribution >= 4 is 17.6 Å². The Morgan fingerprint density at radius 3 is 2.42 bits per heavy atom. The number of benzene rings is 1. The molecule has 0 atom stereocenters. The second-order valence-corrected chi connectivity index (χ2v) is 9.76. The van der Waals surface area contributed by atoms with Crippen LogP contribution in [0.25, 0.3) is 0 Å². The van der Waals surface area contributed by atoms with Gasteiger partial charge in [0.15, 0.2) is 6.54 Å². The average molecular weight is 449 g/mol. The first kappa shape index (κ1) is 25.9. The Labute approximate surface area is 195 Å². The molecule has 0 aromatic heterocycles. The number of halogens is 1. The average Bonchev–Trinajstić information content (AvgIpc) is 2.76. The number of quaternary nitrogens is 1. The van der Waals surface area contributed by atoms with Gasteiger partial charge in [-0.05, 0) is 56.7 Å². The molecule has 1 aromatic rings. The molecule has 3 nitrogen and oxygen atoms in total. The number of hydrogen-bond donors (Lipinski definition) is 0. The van der Waals surface area contributed by atoms with Crippen LogP contribution in [0.2, 0.25) is 5.02 Å². The molecule has 31 heavy (non-hydrogen) atoms. The van der Waals surface area contributed by atoms with E-state index >= 15 is 0 Å². The molecule has 174 valence electrons. The number of piperidine rings is 1. The number of nitrogens with zero attached hydrogens (tertiary/aromatic N) is 1. The zero-order chi connectivity index (χ0) is 22.4. The van der Waals surface area contributed by atoms with Gasteiger partial charge in [-0.25, -0.2) is 4.79 Å². The van der Waals surface area contributed by atoms with Gasteiger partial charge < -0.3 is 9.22 Å². The van der Waals surface area contributed by atoms with Gasteiger partial charge in [-0.15, -0.1) is 0 Å². The number of ether oxygens (including phenoxy) is 1. The lowest BCUT2D eigenvalue weighted by atomic mass is 10.0. The lowest BCUT2D eigenvalue weighted by Crippen LogP contribution is -2.54. The van der Waals surface area contributed by atoms with E-state index in [2.05, 4.69) is 26.0 Å². The third-order valence-corrected chi connectivity index (χ3v) is 6.86. The Kier molecular flexibility index (Phi) is 12.3. The van der Waals surface area contributed by atoms with E-state index < -0.39 is 0 Å². The topological polar surface area (TPSA) is 26.3 Å². The van der Waals surface area contributed by atoms with Gasteiger partial charge in [-0.2, -0.15) is 0 Å². The molecule has 0 radical (unpaired) electrons. The summed E-state index contributed by atoms with van der Waals surface area (Å²) in [4.78, 5) is 12.6. The minimum atomic E-state index is -0.0231. The highest BCUT2D eigenvalue weighted by atomic mass is 35.5. The summed E-state index contributed by atoms with van der Waals surface area (Å²) in [6.45, 7) is 8.55. The van der Waals surface area contributed by atoms with Gasteiger partial charge in [0.25, 0.3) is 0 Å². The fourth-order valence-corrected chi connectivity index (χ4v) is 4.72. The summed E-state index contributed by atoms with van der Waals surface area (Å²) in [5.41, 5.74) is 2.48. The third kappa shape index (κ3) is 10.2. The molecular weight excluding hydrogens is 406 g/mol. The second-order valence-electron chi connectivity index (χ2n) is 9.35. The smallest absolute Gasteiger partial charge is 0.361 e. The molecule has 0 aliphatic carbocycles. The predicted octanol–water partition coefficient (Wildman–Crippen LogP) is 7.12. The van der Waals surface area contributed by atoms with E-state index in [1.807, 2.05) is 18.2 Å². The fraction of sp³-hybridized carbons (Fsp3) is 0.667. The van der Waals surface area contributed by atoms with Gasteiger partial charge in [0.05, 0.1) is 26.2 Å². The molecule has 0 saturated carbocycles. The van der Waals surface area contributed by atoms with Crippen molar-refractivity contribution in [1.29, 1.82) is 0 Å². The largest absolute Gasteiger partial charge is 0.462 e. The van der Waals surface area contributed by atoms with Gasteiger partial charge in [0.2, 0.25) is 0 Å². The lowest BCUT2D eigenvalue weighted by Gasteiger charge is -2.40. The molecule has 1 saturated heterocycles. The van der Waals surface area contributed by atoms with Crippen LogP contribution >= 0.6 is 11.6 Å². The summed E-state index contributed by atoms with van der Waals surface area (Å²) < 4.78 is 6.47. The number of hydrogen-bond acceptors (Lipinski definition) is 2. The van der Waals surface area contributed by atoms with Crippen LogP contribution in [0.15, 0.2) is 35.9 Å². The Morgan fingerprint density at radius 1 is 1.03 bits per heavy atom. The Morgan fingerprint density at radius 2 is 1.71 bits per heavy atom. The van der Waals surface area contributed by atoms with Crippen molar-refractivity contribution < 1.29 is 14.0 Å². The number of esters is 1. The summed E-state index contributed by atoms with van der Waals surface area (Å²) >= 11 is 6.32. The van der Waals surface area contributed by atoms with Crippen molar-refractivity contribution in [3.63, 3.8) is 0 Å². The predicted molar refractivity (Wildman–Crippen MR) is 131 cm³/mol. The quantitative estimate of drug-likeness (QED) is 0.131. The summed E-state index contributed by atoms with van der Waals surface area (Å²) in [6.07, 6.45) is 15.5. The first-order valence-corrected chi connectivity index (χ1v) is 12.8. The summed E-state index contributed by atoms with van der Waals surface area (Å²) in [7, 11) is 0. The minimum Gasteiger partial charge on any atom is -0.462 e. The maximum Gasteiger partial charge on any atom is 0.361 e. The standard InChI is InChI=1S/C27H43ClNO2/c1-3-4-5-6-7-8-14-21-31-27(30)23-29(18-12-9-13-19-29)20-17-24(2)22-25-15-10-11-16-26(25)28/h10-11,15-17H,3-9,12-14,18-23H2,1-2H3/q+1/b24-17-. The van der Waals surface area contributed by atoms with Gasteiger partial charge in [-0.1, -0.05) is 80.8 Å². The van der Waals surface area contributed by atoms with E-state index in [4.69, 9.17) is 16.3 Å². The van der Waals surface area contributed by atoms with E-state index in [1.165, 1.54) is 63.4 Å². The van der Waals surface area contributed by atoms with Gasteiger partial charge in [-0.3, -0.25) is 0 Å². The molecule has 0 amide bonds. The van der Waals surface area contributed by atoms with Gasteiger partial charge >= 0.3 is 5.97 Å². The summed E-state index contributed by atoms with van der Waals surface area (Å²) in [5, 5.41) is 0.825. The first-order valence-electron chi connectivity index (χ1n) is 12.4. The Balaban J connectivity index is 1.79. The molecule has 2 rings (SSSR count). The van der Waals surface area contributed by atoms with E-state index in [1.54, 1.807) is 0 Å². The van der Waals surface area contributed by atoms with E-state index in [0.29, 0.717) is 13.2 Å². The zero-order valence-corrected chi connectivity index (χ0v) is 20.6. The van der Waals surface area contributed by atoms with Crippen LogP contribution in [0.4, 0.5) is 0 Å². The van der Waals surface area contributed by atoms with Crippen molar-refractivity contribution in [3.8, 4) is 0 Å². The molecule has 0 N–H and O–H groups in total. The van der Waals surface area contributed by atoms with Crippen molar-refractivity contribution in [2.45, 2.75) is 84.5 Å². The van der Waals surface area contributed by atoms with Crippen LogP contribution in [0.3, 0.4) is 0 Å². The molecule has 1 aliphatic rings. The number of unbranched alkanes of at least 4 members (excludes halogenated alkanes) is 6. The molecule has 1 aromatic carbocycles. The molecule has 4 heteroatoms. The highest BCUT2D eigenvalue weighted by Crippen LogP contribution is 2.22. The van der Waals surface area contributed by atoms with Crippen LogP contribution in [0.1, 0.15) is 83.6 Å². The number of carbonyl (C=O) groups excluding carboxylic acids is 1. The second kappa shape index (κ2) is 14.7. The van der Waals surface area contributed by atoms with Crippen LogP contribution in [-0.2, 0) is 16.0 Å². The highest BCUT2D eigenvalue weighted by molar-refractivity contribution is 6.31. The molecular formula is C27H43ClNO2+. The molecule has 0 unspecified atom stereocenters. The first-order chi connectivity index (χ1) is 15.0. The molecule has 1 heterocycles. The van der Waals surface area contributed by atoms with Crippen LogP contribution in [-0.4, -0.2) is 43.2 Å². The number of rotatable bonds is 14. The van der Waals surface area contributed by atoms with Crippen molar-refractivity contribution in [1.82, 2.24) is 0 Å². The fourth-order valence-electron chi connectivity index (χ4n) is 4.52. The maximum absolute atomic E-state index is 12.6. The number of allylic oxidation sites excluding steroid dienone is 1. The van der Waals surface area contributed by atoms with E-state index in [0.717, 1.165) is 47.5 Å². The lowest BCUT2D eigenvalue weighted by molar-refractivity contribution is -0.920. The Bertz CT molecular complexity index is 680. The maximum atomic E-state index is 12.6. The van der Waals surface area contributed by atoms with Crippen molar-refractivity contribution in [3.05, 3.63) is 46.5 Å². The number of carbonyl (C=O) groups is 1. The van der Waals surface area contributed by atoms with Gasteiger partial charge in [0, 0.05) is 5.02 Å². The molecule has 1 fully saturated rings. The minimum absolute atomic E-state index is 0.0231. The molecule has 0 bridgehead atoms. The summed E-state index contributed by atoms with van der Waals surface area (Å²) in [6, 6.07) is 8.04. The van der Waals surface area contributed by atoms with Gasteiger partial charge in [0.1, 0.15) is 0 Å². The van der Waals surface area contributed by atoms with Crippen molar-refractivity contribution in [2.75, 3.05) is 32.8 Å². The van der Waals surface area contributed by atoms with Crippen LogP contribution in [0, 0.1) is 0 Å². The SMILES string of the molecule is CCCCCCCCCOC(=O)C[N+]1(C/C=C(/C)Cc2ccccc2Cl)CCCCC1. The number of likely N-dealkylation sites (tertiary alicyclic amines) is 1. The third-order valence-electron chi connectivity index (χ3n) is 6.49. The normalized spacial score (nSPS) is 16.3. The zero-order valence-electron chi connectivity index (χ0n) is 19.8. The molecule has 1 aliphatic heterocycles. The van der Waals surface area contributed by atoms with Crippen LogP contribution < -0.4 is 0 Å². The van der Waals surface area contributed by atoms with E-state index in [-0.39, 0.29) is 5.97 Å². The van der Waals surface area contributed by atoms with Crippen molar-refractivity contribution in [2.24, 2.45) is 0 Å². The monoisotopic (exact) mass is 448 g/mol.